The van der Waals surface area contributed by atoms with Gasteiger partial charge in [0.1, 0.15) is 24.5 Å². The molecule has 0 bridgehead atoms. The molecule has 0 aliphatic carbocycles. The summed E-state index contributed by atoms with van der Waals surface area (Å²) in [6.45, 7) is 0.561. The van der Waals surface area contributed by atoms with Crippen LogP contribution in [-0.2, 0) is 13.5 Å². The molecular formula is C13H17ClN4O. The number of aromatic nitrogens is 3. The summed E-state index contributed by atoms with van der Waals surface area (Å²) in [5.41, 5.74) is 0. The van der Waals surface area contributed by atoms with Crippen LogP contribution in [-0.4, -0.2) is 34.5 Å². The predicted octanol–water partition coefficient (Wildman–Crippen LogP) is 1.68. The molecule has 5 nitrogen and oxygen atoms in total. The van der Waals surface area contributed by atoms with Gasteiger partial charge in [0.05, 0.1) is 0 Å². The first kappa shape index (κ1) is 13.8. The van der Waals surface area contributed by atoms with Crippen LogP contribution in [0.25, 0.3) is 0 Å². The van der Waals surface area contributed by atoms with E-state index in [2.05, 4.69) is 15.4 Å². The van der Waals surface area contributed by atoms with E-state index in [4.69, 9.17) is 16.3 Å². The third kappa shape index (κ3) is 3.94. The van der Waals surface area contributed by atoms with Crippen molar-refractivity contribution in [2.75, 3.05) is 13.7 Å². The topological polar surface area (TPSA) is 52.0 Å². The van der Waals surface area contributed by atoms with Crippen LogP contribution in [0.1, 0.15) is 5.82 Å². The smallest absolute Gasteiger partial charge is 0.138 e. The lowest BCUT2D eigenvalue weighted by atomic mass is 10.2. The van der Waals surface area contributed by atoms with E-state index in [0.29, 0.717) is 11.6 Å². The Balaban J connectivity index is 1.89. The molecular weight excluding hydrogens is 264 g/mol. The molecule has 0 saturated heterocycles. The van der Waals surface area contributed by atoms with E-state index in [1.165, 1.54) is 0 Å². The van der Waals surface area contributed by atoms with Crippen molar-refractivity contribution in [2.45, 2.75) is 12.5 Å². The average Bonchev–Trinajstić information content (AvgIpc) is 2.82. The number of likely N-dealkylation sites (N-methyl/N-ethyl adjacent to an activating group) is 1. The van der Waals surface area contributed by atoms with Gasteiger partial charge in [0.15, 0.2) is 0 Å². The van der Waals surface area contributed by atoms with E-state index in [1.807, 2.05) is 38.4 Å². The van der Waals surface area contributed by atoms with Gasteiger partial charge in [0.2, 0.25) is 0 Å². The molecule has 0 saturated carbocycles. The molecule has 6 heteroatoms. The van der Waals surface area contributed by atoms with Gasteiger partial charge >= 0.3 is 0 Å². The van der Waals surface area contributed by atoms with Crippen LogP contribution in [0.15, 0.2) is 30.6 Å². The molecule has 102 valence electrons. The quantitative estimate of drug-likeness (QED) is 0.875. The molecule has 0 radical (unpaired) electrons. The minimum Gasteiger partial charge on any atom is -0.492 e. The zero-order valence-electron chi connectivity index (χ0n) is 11.0. The highest BCUT2D eigenvalue weighted by molar-refractivity contribution is 6.30. The highest BCUT2D eigenvalue weighted by Gasteiger charge is 2.11. The number of ether oxygens (including phenoxy) is 1. The first-order valence-corrected chi connectivity index (χ1v) is 6.45. The van der Waals surface area contributed by atoms with E-state index in [-0.39, 0.29) is 6.04 Å². The Morgan fingerprint density at radius 2 is 2.11 bits per heavy atom. The Morgan fingerprint density at radius 1 is 1.37 bits per heavy atom. The van der Waals surface area contributed by atoms with Gasteiger partial charge in [-0.1, -0.05) is 11.6 Å². The molecule has 1 N–H and O–H groups in total. The van der Waals surface area contributed by atoms with Crippen LogP contribution in [0.3, 0.4) is 0 Å². The molecule has 1 atom stereocenters. The molecule has 1 aromatic heterocycles. The first-order chi connectivity index (χ1) is 9.19. The second-order valence-corrected chi connectivity index (χ2v) is 4.69. The summed E-state index contributed by atoms with van der Waals surface area (Å²) >= 11 is 5.83. The SMILES string of the molecule is CNC(COc1ccc(Cl)cc1)Cc1ncnn1C. The molecule has 0 aliphatic heterocycles. The number of rotatable bonds is 6. The fraction of sp³-hybridized carbons (Fsp3) is 0.385. The minimum atomic E-state index is 0.179. The maximum Gasteiger partial charge on any atom is 0.138 e. The van der Waals surface area contributed by atoms with E-state index >= 15 is 0 Å². The second kappa shape index (κ2) is 6.54. The molecule has 2 rings (SSSR count). The van der Waals surface area contributed by atoms with Crippen LogP contribution in [0.2, 0.25) is 5.02 Å². The standard InChI is InChI=1S/C13H17ClN4O/c1-15-11(7-13-16-9-17-18(13)2)8-19-12-5-3-10(14)4-6-12/h3-6,9,11,15H,7-8H2,1-2H3. The summed E-state index contributed by atoms with van der Waals surface area (Å²) in [7, 11) is 3.79. The van der Waals surface area contributed by atoms with Gasteiger partial charge in [-0.25, -0.2) is 4.98 Å². The number of nitrogens with one attached hydrogen (secondary N) is 1. The van der Waals surface area contributed by atoms with Crippen molar-refractivity contribution in [1.29, 1.82) is 0 Å². The lowest BCUT2D eigenvalue weighted by molar-refractivity contribution is 0.267. The Bertz CT molecular complexity index is 512. The van der Waals surface area contributed by atoms with Crippen molar-refractivity contribution in [1.82, 2.24) is 20.1 Å². The van der Waals surface area contributed by atoms with Gasteiger partial charge in [0.25, 0.3) is 0 Å². The Hall–Kier alpha value is -1.59. The third-order valence-electron chi connectivity index (χ3n) is 2.91. The summed E-state index contributed by atoms with van der Waals surface area (Å²) in [5.74, 6) is 1.74. The molecule has 1 aromatic carbocycles. The zero-order chi connectivity index (χ0) is 13.7. The maximum atomic E-state index is 5.83. The summed E-state index contributed by atoms with van der Waals surface area (Å²) in [6.07, 6.45) is 2.32. The van der Waals surface area contributed by atoms with Crippen molar-refractivity contribution in [3.05, 3.63) is 41.4 Å². The monoisotopic (exact) mass is 280 g/mol. The molecule has 2 aromatic rings. The lowest BCUT2D eigenvalue weighted by Gasteiger charge is -2.16. The van der Waals surface area contributed by atoms with Crippen molar-refractivity contribution in [2.24, 2.45) is 7.05 Å². The molecule has 1 heterocycles. The summed E-state index contributed by atoms with van der Waals surface area (Å²) in [5, 5.41) is 7.98. The zero-order valence-corrected chi connectivity index (χ0v) is 11.8. The summed E-state index contributed by atoms with van der Waals surface area (Å²) in [4.78, 5) is 4.21. The largest absolute Gasteiger partial charge is 0.492 e. The normalized spacial score (nSPS) is 12.4. The van der Waals surface area contributed by atoms with Gasteiger partial charge < -0.3 is 10.1 Å². The lowest BCUT2D eigenvalue weighted by Crippen LogP contribution is -2.34. The molecule has 1 unspecified atom stereocenters. The average molecular weight is 281 g/mol. The number of hydrogen-bond donors (Lipinski definition) is 1. The van der Waals surface area contributed by atoms with Gasteiger partial charge in [-0.3, -0.25) is 4.68 Å². The number of benzene rings is 1. The Morgan fingerprint density at radius 3 is 2.68 bits per heavy atom. The van der Waals surface area contributed by atoms with E-state index in [9.17, 15) is 0 Å². The van der Waals surface area contributed by atoms with E-state index in [1.54, 1.807) is 11.0 Å². The van der Waals surface area contributed by atoms with Crippen LogP contribution < -0.4 is 10.1 Å². The molecule has 0 spiro atoms. The van der Waals surface area contributed by atoms with Crippen LogP contribution in [0.4, 0.5) is 0 Å². The van der Waals surface area contributed by atoms with Gasteiger partial charge in [0, 0.05) is 24.5 Å². The van der Waals surface area contributed by atoms with E-state index in [0.717, 1.165) is 18.0 Å². The number of hydrogen-bond acceptors (Lipinski definition) is 4. The third-order valence-corrected chi connectivity index (χ3v) is 3.16. The van der Waals surface area contributed by atoms with Gasteiger partial charge in [-0.2, -0.15) is 5.10 Å². The predicted molar refractivity (Wildman–Crippen MR) is 74.5 cm³/mol. The van der Waals surface area contributed by atoms with Crippen molar-refractivity contribution < 1.29 is 4.74 Å². The molecule has 19 heavy (non-hydrogen) atoms. The fourth-order valence-corrected chi connectivity index (χ4v) is 1.82. The maximum absolute atomic E-state index is 5.83. The highest BCUT2D eigenvalue weighted by Crippen LogP contribution is 2.15. The molecule has 0 amide bonds. The fourth-order valence-electron chi connectivity index (χ4n) is 1.70. The van der Waals surface area contributed by atoms with Crippen LogP contribution in [0.5, 0.6) is 5.75 Å². The van der Waals surface area contributed by atoms with Crippen LogP contribution >= 0.6 is 11.6 Å². The minimum absolute atomic E-state index is 0.179. The number of nitrogens with zero attached hydrogens (tertiary/aromatic N) is 3. The van der Waals surface area contributed by atoms with Crippen molar-refractivity contribution in [3.63, 3.8) is 0 Å². The van der Waals surface area contributed by atoms with Gasteiger partial charge in [-0.15, -0.1) is 0 Å². The number of aryl methyl sites for hydroxylation is 1. The van der Waals surface area contributed by atoms with Gasteiger partial charge in [-0.05, 0) is 31.3 Å². The molecule has 0 fully saturated rings. The van der Waals surface area contributed by atoms with Crippen molar-refractivity contribution >= 4 is 11.6 Å². The van der Waals surface area contributed by atoms with E-state index < -0.39 is 0 Å². The second-order valence-electron chi connectivity index (χ2n) is 4.25. The Kier molecular flexibility index (Phi) is 4.76. The Labute approximate surface area is 117 Å². The summed E-state index contributed by atoms with van der Waals surface area (Å²) in [6, 6.07) is 7.52. The first-order valence-electron chi connectivity index (χ1n) is 6.07. The van der Waals surface area contributed by atoms with Crippen LogP contribution in [0, 0.1) is 0 Å². The molecule has 0 aliphatic rings. The number of halogens is 1. The summed E-state index contributed by atoms with van der Waals surface area (Å²) < 4.78 is 7.49. The highest BCUT2D eigenvalue weighted by atomic mass is 35.5. The van der Waals surface area contributed by atoms with Crippen molar-refractivity contribution in [3.8, 4) is 5.75 Å².